The van der Waals surface area contributed by atoms with E-state index in [0.717, 1.165) is 24.2 Å². The van der Waals surface area contributed by atoms with Gasteiger partial charge in [-0.1, -0.05) is 38.5 Å². The molecule has 22 heavy (non-hydrogen) atoms. The highest BCUT2D eigenvalue weighted by Crippen LogP contribution is 2.25. The van der Waals surface area contributed by atoms with Crippen molar-refractivity contribution in [3.8, 4) is 5.75 Å². The second-order valence-corrected chi connectivity index (χ2v) is 5.54. The zero-order chi connectivity index (χ0) is 16.4. The number of nitrogens with one attached hydrogen (secondary N) is 1. The molecule has 0 aliphatic rings. The summed E-state index contributed by atoms with van der Waals surface area (Å²) in [5.41, 5.74) is 1.09. The molecule has 1 rings (SSSR count). The first-order valence-electron chi connectivity index (χ1n) is 7.71. The van der Waals surface area contributed by atoms with Crippen LogP contribution < -0.4 is 10.1 Å². The third kappa shape index (κ3) is 7.11. The number of carboxylic acid groups (broad SMARTS) is 1. The standard InChI is InChI=1S/C17H25NO4/c1-13(2)14-8-5-6-9-15(14)22-12-16(19)18-11-7-3-4-10-17(20)21/h5-6,8-9,13H,3-4,7,10-12H2,1-2H3,(H,18,19)(H,20,21). The van der Waals surface area contributed by atoms with Gasteiger partial charge < -0.3 is 15.2 Å². The summed E-state index contributed by atoms with van der Waals surface area (Å²) >= 11 is 0. The third-order valence-electron chi connectivity index (χ3n) is 3.29. The quantitative estimate of drug-likeness (QED) is 0.652. The Morgan fingerprint density at radius 2 is 1.91 bits per heavy atom. The first-order chi connectivity index (χ1) is 10.5. The highest BCUT2D eigenvalue weighted by Gasteiger charge is 2.08. The number of ether oxygens (including phenoxy) is 1. The third-order valence-corrected chi connectivity index (χ3v) is 3.29. The van der Waals surface area contributed by atoms with Crippen LogP contribution in [0.2, 0.25) is 0 Å². The Hall–Kier alpha value is -2.04. The number of aliphatic carboxylic acids is 1. The van der Waals surface area contributed by atoms with E-state index in [0.29, 0.717) is 18.9 Å². The minimum absolute atomic E-state index is 0.00113. The van der Waals surface area contributed by atoms with Gasteiger partial charge >= 0.3 is 5.97 Å². The van der Waals surface area contributed by atoms with E-state index in [9.17, 15) is 9.59 Å². The molecule has 0 atom stereocenters. The molecule has 0 aromatic heterocycles. The molecule has 0 saturated heterocycles. The lowest BCUT2D eigenvalue weighted by molar-refractivity contribution is -0.137. The van der Waals surface area contributed by atoms with E-state index in [1.807, 2.05) is 24.3 Å². The summed E-state index contributed by atoms with van der Waals surface area (Å²) in [6.45, 7) is 4.71. The topological polar surface area (TPSA) is 75.6 Å². The Kier molecular flexibility index (Phi) is 8.04. The van der Waals surface area contributed by atoms with Crippen LogP contribution in [0.25, 0.3) is 0 Å². The van der Waals surface area contributed by atoms with Gasteiger partial charge in [0.2, 0.25) is 0 Å². The molecule has 0 aliphatic carbocycles. The van der Waals surface area contributed by atoms with Crippen LogP contribution in [-0.2, 0) is 9.59 Å². The molecule has 0 saturated carbocycles. The zero-order valence-corrected chi connectivity index (χ0v) is 13.3. The van der Waals surface area contributed by atoms with E-state index >= 15 is 0 Å². The van der Waals surface area contributed by atoms with Crippen molar-refractivity contribution in [1.82, 2.24) is 5.32 Å². The SMILES string of the molecule is CC(C)c1ccccc1OCC(=O)NCCCCCC(=O)O. The second kappa shape index (κ2) is 9.82. The van der Waals surface area contributed by atoms with Crippen molar-refractivity contribution < 1.29 is 19.4 Å². The largest absolute Gasteiger partial charge is 0.483 e. The summed E-state index contributed by atoms with van der Waals surface area (Å²) in [5, 5.41) is 11.3. The Balaban J connectivity index is 2.22. The number of carbonyl (C=O) groups excluding carboxylic acids is 1. The van der Waals surface area contributed by atoms with Gasteiger partial charge in [0, 0.05) is 13.0 Å². The van der Waals surface area contributed by atoms with Crippen LogP contribution >= 0.6 is 0 Å². The smallest absolute Gasteiger partial charge is 0.303 e. The monoisotopic (exact) mass is 307 g/mol. The normalized spacial score (nSPS) is 10.5. The molecule has 122 valence electrons. The molecule has 1 aromatic carbocycles. The van der Waals surface area contributed by atoms with E-state index in [1.54, 1.807) is 0 Å². The number of amides is 1. The van der Waals surface area contributed by atoms with E-state index in [-0.39, 0.29) is 18.9 Å². The van der Waals surface area contributed by atoms with Gasteiger partial charge in [0.25, 0.3) is 5.91 Å². The number of unbranched alkanes of at least 4 members (excludes halogenated alkanes) is 2. The molecule has 5 heteroatoms. The van der Waals surface area contributed by atoms with Crippen molar-refractivity contribution in [1.29, 1.82) is 0 Å². The first kappa shape index (κ1) is 18.0. The highest BCUT2D eigenvalue weighted by molar-refractivity contribution is 5.77. The molecule has 0 bridgehead atoms. The molecular weight excluding hydrogens is 282 g/mol. The van der Waals surface area contributed by atoms with E-state index in [2.05, 4.69) is 19.2 Å². The lowest BCUT2D eigenvalue weighted by Gasteiger charge is -2.13. The Morgan fingerprint density at radius 1 is 1.18 bits per heavy atom. The number of benzene rings is 1. The van der Waals surface area contributed by atoms with E-state index < -0.39 is 5.97 Å². The van der Waals surface area contributed by atoms with Crippen LogP contribution in [0.1, 0.15) is 51.0 Å². The fourth-order valence-electron chi connectivity index (χ4n) is 2.09. The van der Waals surface area contributed by atoms with Gasteiger partial charge in [0.1, 0.15) is 5.75 Å². The number of carboxylic acids is 1. The van der Waals surface area contributed by atoms with Crippen LogP contribution in [0, 0.1) is 0 Å². The summed E-state index contributed by atoms with van der Waals surface area (Å²) in [7, 11) is 0. The summed E-state index contributed by atoms with van der Waals surface area (Å²) in [4.78, 5) is 22.1. The van der Waals surface area contributed by atoms with E-state index in [4.69, 9.17) is 9.84 Å². The first-order valence-corrected chi connectivity index (χ1v) is 7.71. The van der Waals surface area contributed by atoms with Gasteiger partial charge in [0.15, 0.2) is 6.61 Å². The molecule has 0 spiro atoms. The van der Waals surface area contributed by atoms with Crippen molar-refractivity contribution in [2.45, 2.75) is 45.4 Å². The van der Waals surface area contributed by atoms with Gasteiger partial charge in [-0.25, -0.2) is 0 Å². The maximum absolute atomic E-state index is 11.7. The highest BCUT2D eigenvalue weighted by atomic mass is 16.5. The van der Waals surface area contributed by atoms with Gasteiger partial charge in [0.05, 0.1) is 0 Å². The molecule has 1 aromatic rings. The van der Waals surface area contributed by atoms with Crippen LogP contribution in [0.15, 0.2) is 24.3 Å². The van der Waals surface area contributed by atoms with Gasteiger partial charge in [-0.05, 0) is 30.4 Å². The summed E-state index contributed by atoms with van der Waals surface area (Å²) < 4.78 is 5.58. The lowest BCUT2D eigenvalue weighted by Crippen LogP contribution is -2.29. The fraction of sp³-hybridized carbons (Fsp3) is 0.529. The average Bonchev–Trinajstić information content (AvgIpc) is 2.48. The number of para-hydroxylation sites is 1. The summed E-state index contributed by atoms with van der Waals surface area (Å²) in [5.74, 6) is 0.153. The molecule has 0 unspecified atom stereocenters. The molecule has 0 radical (unpaired) electrons. The molecule has 1 amide bonds. The second-order valence-electron chi connectivity index (χ2n) is 5.54. The van der Waals surface area contributed by atoms with Gasteiger partial charge in [-0.2, -0.15) is 0 Å². The maximum Gasteiger partial charge on any atom is 0.303 e. The number of hydrogen-bond donors (Lipinski definition) is 2. The predicted molar refractivity (Wildman–Crippen MR) is 85.1 cm³/mol. The molecule has 0 heterocycles. The minimum Gasteiger partial charge on any atom is -0.483 e. The fourth-order valence-corrected chi connectivity index (χ4v) is 2.09. The summed E-state index contributed by atoms with van der Waals surface area (Å²) in [6.07, 6.45) is 2.40. The zero-order valence-electron chi connectivity index (χ0n) is 13.3. The van der Waals surface area contributed by atoms with Crippen molar-refractivity contribution in [2.24, 2.45) is 0 Å². The van der Waals surface area contributed by atoms with Gasteiger partial charge in [-0.15, -0.1) is 0 Å². The van der Waals surface area contributed by atoms with Crippen molar-refractivity contribution in [3.63, 3.8) is 0 Å². The molecule has 2 N–H and O–H groups in total. The minimum atomic E-state index is -0.777. The Labute approximate surface area is 131 Å². The van der Waals surface area contributed by atoms with Crippen molar-refractivity contribution in [2.75, 3.05) is 13.2 Å². The lowest BCUT2D eigenvalue weighted by atomic mass is 10.0. The summed E-state index contributed by atoms with van der Waals surface area (Å²) in [6, 6.07) is 7.72. The molecular formula is C17H25NO4. The predicted octanol–water partition coefficient (Wildman–Crippen LogP) is 2.95. The van der Waals surface area contributed by atoms with Gasteiger partial charge in [-0.3, -0.25) is 9.59 Å². The van der Waals surface area contributed by atoms with Crippen LogP contribution in [0.4, 0.5) is 0 Å². The molecule has 0 aliphatic heterocycles. The molecule has 0 fully saturated rings. The van der Waals surface area contributed by atoms with Crippen LogP contribution in [0.3, 0.4) is 0 Å². The van der Waals surface area contributed by atoms with Crippen molar-refractivity contribution in [3.05, 3.63) is 29.8 Å². The Morgan fingerprint density at radius 3 is 2.59 bits per heavy atom. The molecule has 5 nitrogen and oxygen atoms in total. The van der Waals surface area contributed by atoms with Crippen molar-refractivity contribution >= 4 is 11.9 Å². The average molecular weight is 307 g/mol. The van der Waals surface area contributed by atoms with Crippen LogP contribution in [0.5, 0.6) is 5.75 Å². The number of carbonyl (C=O) groups is 2. The van der Waals surface area contributed by atoms with E-state index in [1.165, 1.54) is 0 Å². The number of rotatable bonds is 10. The van der Waals surface area contributed by atoms with Crippen LogP contribution in [-0.4, -0.2) is 30.1 Å². The Bertz CT molecular complexity index is 485. The number of hydrogen-bond acceptors (Lipinski definition) is 3. The maximum atomic E-state index is 11.7.